The van der Waals surface area contributed by atoms with Gasteiger partial charge in [0, 0.05) is 19.3 Å². The summed E-state index contributed by atoms with van der Waals surface area (Å²) in [5.74, 6) is 0.808. The molecule has 0 radical (unpaired) electrons. The zero-order valence-corrected chi connectivity index (χ0v) is 12.1. The van der Waals surface area contributed by atoms with Crippen LogP contribution >= 0.6 is 11.6 Å². The van der Waals surface area contributed by atoms with Crippen LogP contribution in [0.5, 0.6) is 0 Å². The molecular weight excluding hydrogens is 290 g/mol. The van der Waals surface area contributed by atoms with Gasteiger partial charge in [-0.3, -0.25) is 14.0 Å². The second-order valence-corrected chi connectivity index (χ2v) is 4.92. The first-order chi connectivity index (χ1) is 10.3. The Bertz CT molecular complexity index is 797. The molecule has 0 saturated heterocycles. The predicted molar refractivity (Wildman–Crippen MR) is 80.2 cm³/mol. The molecule has 0 aliphatic heterocycles. The molecule has 7 heteroatoms. The van der Waals surface area contributed by atoms with Crippen LogP contribution in [0.2, 0.25) is 0 Å². The molecule has 0 amide bonds. The van der Waals surface area contributed by atoms with Crippen LogP contribution in [0.1, 0.15) is 12.2 Å². The first-order valence-electron chi connectivity index (χ1n) is 6.68. The van der Waals surface area contributed by atoms with E-state index in [1.807, 2.05) is 18.2 Å². The summed E-state index contributed by atoms with van der Waals surface area (Å²) in [6.07, 6.45) is 4.19. The summed E-state index contributed by atoms with van der Waals surface area (Å²) in [6.45, 7) is 1.25. The molecule has 1 aromatic carbocycles. The molecule has 2 heterocycles. The molecule has 21 heavy (non-hydrogen) atoms. The fraction of sp³-hybridized carbons (Fsp3) is 0.286. The van der Waals surface area contributed by atoms with Gasteiger partial charge < -0.3 is 0 Å². The zero-order valence-electron chi connectivity index (χ0n) is 11.3. The Balaban J connectivity index is 1.89. The SMILES string of the molecule is O=c1c2ccccc2nc(CCl)n1CCCn1ccnn1. The second-order valence-electron chi connectivity index (χ2n) is 4.66. The summed E-state index contributed by atoms with van der Waals surface area (Å²) in [6, 6.07) is 7.32. The van der Waals surface area contributed by atoms with E-state index in [1.54, 1.807) is 27.7 Å². The third-order valence-corrected chi connectivity index (χ3v) is 3.54. The van der Waals surface area contributed by atoms with E-state index in [2.05, 4.69) is 15.3 Å². The Labute approximate surface area is 126 Å². The van der Waals surface area contributed by atoms with Gasteiger partial charge in [-0.1, -0.05) is 17.3 Å². The minimum Gasteiger partial charge on any atom is -0.295 e. The average molecular weight is 304 g/mol. The van der Waals surface area contributed by atoms with Crippen molar-refractivity contribution in [2.45, 2.75) is 25.4 Å². The van der Waals surface area contributed by atoms with Gasteiger partial charge in [-0.2, -0.15) is 0 Å². The molecule has 0 N–H and O–H groups in total. The van der Waals surface area contributed by atoms with Gasteiger partial charge in [0.1, 0.15) is 5.82 Å². The number of para-hydroxylation sites is 1. The molecule has 0 unspecified atom stereocenters. The van der Waals surface area contributed by atoms with E-state index in [1.165, 1.54) is 0 Å². The standard InChI is InChI=1S/C14H14ClN5O/c15-10-13-17-12-5-2-1-4-11(12)14(21)20(13)8-3-7-19-9-6-16-18-19/h1-2,4-6,9H,3,7-8,10H2. The van der Waals surface area contributed by atoms with E-state index in [9.17, 15) is 4.79 Å². The second kappa shape index (κ2) is 6.05. The van der Waals surface area contributed by atoms with Crippen molar-refractivity contribution in [2.24, 2.45) is 0 Å². The number of rotatable bonds is 5. The first kappa shape index (κ1) is 13.8. The van der Waals surface area contributed by atoms with Crippen molar-refractivity contribution in [3.8, 4) is 0 Å². The van der Waals surface area contributed by atoms with Gasteiger partial charge in [-0.25, -0.2) is 4.98 Å². The number of hydrogen-bond acceptors (Lipinski definition) is 4. The van der Waals surface area contributed by atoms with Gasteiger partial charge in [0.15, 0.2) is 0 Å². The van der Waals surface area contributed by atoms with Crippen LogP contribution in [0.4, 0.5) is 0 Å². The fourth-order valence-electron chi connectivity index (χ4n) is 2.29. The van der Waals surface area contributed by atoms with Gasteiger partial charge in [-0.05, 0) is 18.6 Å². The third kappa shape index (κ3) is 2.80. The smallest absolute Gasteiger partial charge is 0.261 e. The lowest BCUT2D eigenvalue weighted by molar-refractivity contribution is 0.500. The van der Waals surface area contributed by atoms with Gasteiger partial charge in [0.2, 0.25) is 0 Å². The molecule has 3 rings (SSSR count). The van der Waals surface area contributed by atoms with Gasteiger partial charge in [0.05, 0.1) is 23.0 Å². The van der Waals surface area contributed by atoms with Crippen molar-refractivity contribution in [3.05, 3.63) is 52.8 Å². The van der Waals surface area contributed by atoms with Gasteiger partial charge >= 0.3 is 0 Å². The quantitative estimate of drug-likeness (QED) is 0.674. The number of aromatic nitrogens is 5. The van der Waals surface area contributed by atoms with Crippen molar-refractivity contribution in [3.63, 3.8) is 0 Å². The number of benzene rings is 1. The van der Waals surface area contributed by atoms with Crippen LogP contribution in [-0.2, 0) is 19.0 Å². The van der Waals surface area contributed by atoms with E-state index in [4.69, 9.17) is 11.6 Å². The largest absolute Gasteiger partial charge is 0.295 e. The van der Waals surface area contributed by atoms with Crippen LogP contribution in [0, 0.1) is 0 Å². The molecule has 0 saturated carbocycles. The van der Waals surface area contributed by atoms with Crippen LogP contribution in [-0.4, -0.2) is 24.5 Å². The van der Waals surface area contributed by atoms with Crippen molar-refractivity contribution in [1.82, 2.24) is 24.5 Å². The fourth-order valence-corrected chi connectivity index (χ4v) is 2.49. The Morgan fingerprint density at radius 3 is 2.81 bits per heavy atom. The van der Waals surface area contributed by atoms with E-state index in [0.29, 0.717) is 29.8 Å². The highest BCUT2D eigenvalue weighted by Gasteiger charge is 2.09. The third-order valence-electron chi connectivity index (χ3n) is 3.30. The summed E-state index contributed by atoms with van der Waals surface area (Å²) in [7, 11) is 0. The minimum atomic E-state index is -0.0464. The lowest BCUT2D eigenvalue weighted by atomic mass is 10.2. The molecule has 0 bridgehead atoms. The highest BCUT2D eigenvalue weighted by Crippen LogP contribution is 2.10. The van der Waals surface area contributed by atoms with E-state index < -0.39 is 0 Å². The molecule has 0 atom stereocenters. The van der Waals surface area contributed by atoms with Crippen molar-refractivity contribution in [1.29, 1.82) is 0 Å². The predicted octanol–water partition coefficient (Wildman–Crippen LogP) is 1.82. The van der Waals surface area contributed by atoms with Crippen LogP contribution < -0.4 is 5.56 Å². The molecular formula is C14H14ClN5O. The molecule has 2 aromatic heterocycles. The average Bonchev–Trinajstić information content (AvgIpc) is 3.02. The van der Waals surface area contributed by atoms with E-state index in [-0.39, 0.29) is 11.4 Å². The first-order valence-corrected chi connectivity index (χ1v) is 7.21. The molecule has 3 aromatic rings. The summed E-state index contributed by atoms with van der Waals surface area (Å²) in [5.41, 5.74) is 0.639. The van der Waals surface area contributed by atoms with Crippen LogP contribution in [0.15, 0.2) is 41.5 Å². The van der Waals surface area contributed by atoms with Crippen LogP contribution in [0.25, 0.3) is 10.9 Å². The molecule has 0 spiro atoms. The maximum absolute atomic E-state index is 12.5. The number of nitrogens with zero attached hydrogens (tertiary/aromatic N) is 5. The highest BCUT2D eigenvalue weighted by molar-refractivity contribution is 6.16. The molecule has 6 nitrogen and oxygen atoms in total. The normalized spacial score (nSPS) is 11.1. The number of hydrogen-bond donors (Lipinski definition) is 0. The lowest BCUT2D eigenvalue weighted by Gasteiger charge is -2.11. The Hall–Kier alpha value is -2.21. The number of aryl methyl sites for hydroxylation is 1. The molecule has 108 valence electrons. The van der Waals surface area contributed by atoms with E-state index in [0.717, 1.165) is 6.42 Å². The number of fused-ring (bicyclic) bond motifs is 1. The summed E-state index contributed by atoms with van der Waals surface area (Å²) in [4.78, 5) is 17.0. The van der Waals surface area contributed by atoms with Crippen molar-refractivity contribution < 1.29 is 0 Å². The Kier molecular flexibility index (Phi) is 3.96. The Morgan fingerprint density at radius 1 is 1.19 bits per heavy atom. The molecule has 0 fully saturated rings. The lowest BCUT2D eigenvalue weighted by Crippen LogP contribution is -2.25. The monoisotopic (exact) mass is 303 g/mol. The summed E-state index contributed by atoms with van der Waals surface area (Å²) >= 11 is 5.93. The zero-order chi connectivity index (χ0) is 14.7. The van der Waals surface area contributed by atoms with E-state index >= 15 is 0 Å². The van der Waals surface area contributed by atoms with Gasteiger partial charge in [-0.15, -0.1) is 16.7 Å². The Morgan fingerprint density at radius 2 is 2.05 bits per heavy atom. The summed E-state index contributed by atoms with van der Waals surface area (Å²) < 4.78 is 3.38. The maximum atomic E-state index is 12.5. The highest BCUT2D eigenvalue weighted by atomic mass is 35.5. The van der Waals surface area contributed by atoms with Gasteiger partial charge in [0.25, 0.3) is 5.56 Å². The number of alkyl halides is 1. The molecule has 0 aliphatic carbocycles. The number of halogens is 1. The molecule has 0 aliphatic rings. The maximum Gasteiger partial charge on any atom is 0.261 e. The van der Waals surface area contributed by atoms with Crippen molar-refractivity contribution in [2.75, 3.05) is 0 Å². The van der Waals surface area contributed by atoms with Crippen LogP contribution in [0.3, 0.4) is 0 Å². The van der Waals surface area contributed by atoms with Crippen molar-refractivity contribution >= 4 is 22.5 Å². The summed E-state index contributed by atoms with van der Waals surface area (Å²) in [5, 5.41) is 8.27. The topological polar surface area (TPSA) is 65.6 Å². The minimum absolute atomic E-state index is 0.0464.